The van der Waals surface area contributed by atoms with Gasteiger partial charge in [-0.05, 0) is 39.0 Å². The average Bonchev–Trinajstić information content (AvgIpc) is 2.68. The number of rotatable bonds is 5. The molecule has 112 valence electrons. The summed E-state index contributed by atoms with van der Waals surface area (Å²) in [6.07, 6.45) is 9.78. The van der Waals surface area contributed by atoms with Crippen LogP contribution in [0, 0.1) is 5.92 Å². The lowest BCUT2D eigenvalue weighted by Gasteiger charge is -2.31. The maximum Gasteiger partial charge on any atom is 0.0620 e. The Bertz CT molecular complexity index is 233. The Balaban J connectivity index is 1.69. The molecule has 1 aliphatic heterocycles. The molecular formula is C16H32N2O. The number of hydrogen-bond donors (Lipinski definition) is 2. The third-order valence-corrected chi connectivity index (χ3v) is 4.79. The van der Waals surface area contributed by atoms with Gasteiger partial charge < -0.3 is 15.4 Å². The highest BCUT2D eigenvalue weighted by molar-refractivity contribution is 4.81. The molecule has 0 spiro atoms. The highest BCUT2D eigenvalue weighted by Crippen LogP contribution is 2.25. The van der Waals surface area contributed by atoms with E-state index in [1.807, 2.05) is 0 Å². The van der Waals surface area contributed by atoms with Crippen molar-refractivity contribution in [3.8, 4) is 0 Å². The first-order valence-electron chi connectivity index (χ1n) is 8.33. The summed E-state index contributed by atoms with van der Waals surface area (Å²) < 4.78 is 5.53. The van der Waals surface area contributed by atoms with E-state index in [0.717, 1.165) is 25.7 Å². The van der Waals surface area contributed by atoms with Gasteiger partial charge in [-0.25, -0.2) is 0 Å². The van der Waals surface area contributed by atoms with Gasteiger partial charge in [-0.15, -0.1) is 0 Å². The van der Waals surface area contributed by atoms with Crippen molar-refractivity contribution < 1.29 is 4.74 Å². The summed E-state index contributed by atoms with van der Waals surface area (Å²) in [4.78, 5) is 0. The van der Waals surface area contributed by atoms with Gasteiger partial charge in [0, 0.05) is 24.7 Å². The normalized spacial score (nSPS) is 29.7. The molecule has 1 saturated heterocycles. The summed E-state index contributed by atoms with van der Waals surface area (Å²) in [6, 6.07) is 1.78. The first kappa shape index (κ1) is 15.3. The molecule has 1 heterocycles. The topological polar surface area (TPSA) is 33.3 Å². The maximum absolute atomic E-state index is 5.53. The predicted octanol–water partition coefficient (Wildman–Crippen LogP) is 2.70. The van der Waals surface area contributed by atoms with E-state index >= 15 is 0 Å². The second-order valence-electron chi connectivity index (χ2n) is 6.57. The van der Waals surface area contributed by atoms with Gasteiger partial charge in [-0.1, -0.05) is 25.7 Å². The molecule has 0 aromatic carbocycles. The number of nitrogens with one attached hydrogen (secondary N) is 2. The lowest BCUT2D eigenvalue weighted by atomic mass is 9.92. The Labute approximate surface area is 118 Å². The van der Waals surface area contributed by atoms with Gasteiger partial charge in [0.05, 0.1) is 13.2 Å². The quantitative estimate of drug-likeness (QED) is 0.752. The van der Waals surface area contributed by atoms with Gasteiger partial charge in [0.15, 0.2) is 0 Å². The van der Waals surface area contributed by atoms with Crippen LogP contribution in [0.5, 0.6) is 0 Å². The van der Waals surface area contributed by atoms with Crippen molar-refractivity contribution in [1.29, 1.82) is 0 Å². The van der Waals surface area contributed by atoms with Crippen molar-refractivity contribution >= 4 is 0 Å². The van der Waals surface area contributed by atoms with Crippen LogP contribution in [0.4, 0.5) is 0 Å². The fourth-order valence-corrected chi connectivity index (χ4v) is 3.66. The average molecular weight is 268 g/mol. The van der Waals surface area contributed by atoms with E-state index in [4.69, 9.17) is 4.74 Å². The van der Waals surface area contributed by atoms with Crippen molar-refractivity contribution in [3.63, 3.8) is 0 Å². The summed E-state index contributed by atoms with van der Waals surface area (Å²) in [5.74, 6) is 0.889. The van der Waals surface area contributed by atoms with Gasteiger partial charge in [-0.3, -0.25) is 0 Å². The van der Waals surface area contributed by atoms with Crippen LogP contribution in [0.15, 0.2) is 0 Å². The Morgan fingerprint density at radius 3 is 2.53 bits per heavy atom. The zero-order valence-corrected chi connectivity index (χ0v) is 12.8. The standard InChI is InChI=1S/C16H32N2O/c1-13(11-16-12-19-10-9-17-16)18-14(2)15-7-5-3-4-6-8-15/h13-18H,3-12H2,1-2H3/t13?,14-,16?/m1/s1. The molecule has 2 N–H and O–H groups in total. The summed E-state index contributed by atoms with van der Waals surface area (Å²) in [6.45, 7) is 7.47. The van der Waals surface area contributed by atoms with Crippen LogP contribution in [0.3, 0.4) is 0 Å². The highest BCUT2D eigenvalue weighted by Gasteiger charge is 2.22. The third kappa shape index (κ3) is 5.41. The minimum atomic E-state index is 0.539. The fraction of sp³-hybridized carbons (Fsp3) is 1.00. The molecule has 0 aromatic rings. The zero-order chi connectivity index (χ0) is 13.5. The molecule has 2 aliphatic rings. The van der Waals surface area contributed by atoms with E-state index in [1.165, 1.54) is 44.9 Å². The molecule has 1 aliphatic carbocycles. The zero-order valence-electron chi connectivity index (χ0n) is 12.8. The highest BCUT2D eigenvalue weighted by atomic mass is 16.5. The Kier molecular flexibility index (Phi) is 6.62. The Morgan fingerprint density at radius 2 is 1.89 bits per heavy atom. The first-order chi connectivity index (χ1) is 9.25. The van der Waals surface area contributed by atoms with Gasteiger partial charge in [0.1, 0.15) is 0 Å². The second kappa shape index (κ2) is 8.23. The van der Waals surface area contributed by atoms with Crippen LogP contribution >= 0.6 is 0 Å². The molecule has 0 radical (unpaired) electrons. The van der Waals surface area contributed by atoms with E-state index in [9.17, 15) is 0 Å². The monoisotopic (exact) mass is 268 g/mol. The van der Waals surface area contributed by atoms with Crippen LogP contribution in [0.2, 0.25) is 0 Å². The van der Waals surface area contributed by atoms with Gasteiger partial charge >= 0.3 is 0 Å². The number of morpholine rings is 1. The molecule has 3 heteroatoms. The molecule has 2 rings (SSSR count). The lowest BCUT2D eigenvalue weighted by Crippen LogP contribution is -2.47. The number of hydrogen-bond acceptors (Lipinski definition) is 3. The predicted molar refractivity (Wildman–Crippen MR) is 80.5 cm³/mol. The Morgan fingerprint density at radius 1 is 1.16 bits per heavy atom. The third-order valence-electron chi connectivity index (χ3n) is 4.79. The van der Waals surface area contributed by atoms with Crippen molar-refractivity contribution in [2.45, 2.75) is 76.9 Å². The van der Waals surface area contributed by atoms with Gasteiger partial charge in [0.2, 0.25) is 0 Å². The largest absolute Gasteiger partial charge is 0.379 e. The van der Waals surface area contributed by atoms with Crippen molar-refractivity contribution in [3.05, 3.63) is 0 Å². The molecule has 2 fully saturated rings. The van der Waals surface area contributed by atoms with Crippen molar-refractivity contribution in [1.82, 2.24) is 10.6 Å². The van der Waals surface area contributed by atoms with Crippen molar-refractivity contribution in [2.75, 3.05) is 19.8 Å². The SMILES string of the molecule is CC(CC1COCCN1)N[C@H](C)C1CCCCCC1. The molecule has 0 bridgehead atoms. The summed E-state index contributed by atoms with van der Waals surface area (Å²) in [5.41, 5.74) is 0. The van der Waals surface area contributed by atoms with Gasteiger partial charge in [0.25, 0.3) is 0 Å². The summed E-state index contributed by atoms with van der Waals surface area (Å²) >= 11 is 0. The molecule has 0 amide bonds. The molecule has 0 aromatic heterocycles. The molecular weight excluding hydrogens is 236 g/mol. The maximum atomic E-state index is 5.53. The van der Waals surface area contributed by atoms with Crippen molar-refractivity contribution in [2.24, 2.45) is 5.92 Å². The minimum absolute atomic E-state index is 0.539. The van der Waals surface area contributed by atoms with E-state index < -0.39 is 0 Å². The van der Waals surface area contributed by atoms with Gasteiger partial charge in [-0.2, -0.15) is 0 Å². The lowest BCUT2D eigenvalue weighted by molar-refractivity contribution is 0.0704. The van der Waals surface area contributed by atoms with E-state index in [2.05, 4.69) is 24.5 Å². The smallest absolute Gasteiger partial charge is 0.0620 e. The second-order valence-corrected chi connectivity index (χ2v) is 6.57. The molecule has 1 saturated carbocycles. The van der Waals surface area contributed by atoms with Crippen LogP contribution in [-0.2, 0) is 4.74 Å². The Hall–Kier alpha value is -0.120. The first-order valence-corrected chi connectivity index (χ1v) is 8.33. The van der Waals surface area contributed by atoms with E-state index in [0.29, 0.717) is 18.1 Å². The van der Waals surface area contributed by atoms with Crippen LogP contribution in [0.1, 0.15) is 58.8 Å². The van der Waals surface area contributed by atoms with Crippen LogP contribution in [0.25, 0.3) is 0 Å². The van der Waals surface area contributed by atoms with Crippen LogP contribution < -0.4 is 10.6 Å². The van der Waals surface area contributed by atoms with Crippen LogP contribution in [-0.4, -0.2) is 37.9 Å². The number of ether oxygens (including phenoxy) is 1. The summed E-state index contributed by atoms with van der Waals surface area (Å²) in [5, 5.41) is 7.38. The van der Waals surface area contributed by atoms with E-state index in [-0.39, 0.29) is 0 Å². The fourth-order valence-electron chi connectivity index (χ4n) is 3.66. The molecule has 19 heavy (non-hydrogen) atoms. The molecule has 3 atom stereocenters. The summed E-state index contributed by atoms with van der Waals surface area (Å²) in [7, 11) is 0. The molecule has 3 nitrogen and oxygen atoms in total. The van der Waals surface area contributed by atoms with E-state index in [1.54, 1.807) is 0 Å². The molecule has 2 unspecified atom stereocenters. The minimum Gasteiger partial charge on any atom is -0.379 e.